The number of aromatic nitrogens is 1. The SMILES string of the molecule is Cl.Clc1ccc(CN2CCNCC2c2cccnc2)cc1. The molecule has 3 nitrogen and oxygen atoms in total. The predicted octanol–water partition coefficient (Wildman–Crippen LogP) is 3.30. The third-order valence-electron chi connectivity index (χ3n) is 3.72. The topological polar surface area (TPSA) is 28.2 Å². The van der Waals surface area contributed by atoms with Crippen LogP contribution in [0.1, 0.15) is 17.2 Å². The molecule has 0 saturated carbocycles. The summed E-state index contributed by atoms with van der Waals surface area (Å²) in [6.45, 7) is 3.99. The fraction of sp³-hybridized carbons (Fsp3) is 0.312. The van der Waals surface area contributed by atoms with Gasteiger partial charge in [-0.15, -0.1) is 12.4 Å². The van der Waals surface area contributed by atoms with Gasteiger partial charge in [-0.05, 0) is 29.3 Å². The molecule has 1 fully saturated rings. The molecule has 1 aliphatic heterocycles. The minimum Gasteiger partial charge on any atom is -0.314 e. The Morgan fingerprint density at radius 2 is 2.05 bits per heavy atom. The van der Waals surface area contributed by atoms with Crippen molar-refractivity contribution >= 4 is 24.0 Å². The number of rotatable bonds is 3. The molecule has 2 aromatic rings. The number of hydrogen-bond donors (Lipinski definition) is 1. The Morgan fingerprint density at radius 3 is 2.76 bits per heavy atom. The van der Waals surface area contributed by atoms with Gasteiger partial charge in [-0.1, -0.05) is 29.8 Å². The zero-order valence-electron chi connectivity index (χ0n) is 11.7. The van der Waals surface area contributed by atoms with Crippen LogP contribution in [0.15, 0.2) is 48.8 Å². The number of benzene rings is 1. The molecule has 0 radical (unpaired) electrons. The van der Waals surface area contributed by atoms with Crippen LogP contribution in [-0.2, 0) is 6.54 Å². The van der Waals surface area contributed by atoms with E-state index in [0.717, 1.165) is 31.2 Å². The number of nitrogens with zero attached hydrogens (tertiary/aromatic N) is 2. The van der Waals surface area contributed by atoms with Gasteiger partial charge < -0.3 is 5.32 Å². The molecule has 0 amide bonds. The molecule has 1 unspecified atom stereocenters. The van der Waals surface area contributed by atoms with E-state index in [2.05, 4.69) is 33.4 Å². The largest absolute Gasteiger partial charge is 0.314 e. The average molecular weight is 324 g/mol. The number of pyridine rings is 1. The van der Waals surface area contributed by atoms with Crippen molar-refractivity contribution in [2.45, 2.75) is 12.6 Å². The Hall–Kier alpha value is -1.13. The number of hydrogen-bond acceptors (Lipinski definition) is 3. The van der Waals surface area contributed by atoms with E-state index in [9.17, 15) is 0 Å². The van der Waals surface area contributed by atoms with Gasteiger partial charge in [0.2, 0.25) is 0 Å². The molecule has 0 spiro atoms. The minimum atomic E-state index is 0. The summed E-state index contributed by atoms with van der Waals surface area (Å²) in [4.78, 5) is 6.74. The van der Waals surface area contributed by atoms with Crippen molar-refractivity contribution < 1.29 is 0 Å². The van der Waals surface area contributed by atoms with Gasteiger partial charge in [0.25, 0.3) is 0 Å². The Bertz CT molecular complexity index is 545. The second-order valence-electron chi connectivity index (χ2n) is 5.10. The van der Waals surface area contributed by atoms with Gasteiger partial charge in [0, 0.05) is 49.6 Å². The lowest BCUT2D eigenvalue weighted by Crippen LogP contribution is -2.45. The van der Waals surface area contributed by atoms with Gasteiger partial charge in [0.1, 0.15) is 0 Å². The highest BCUT2D eigenvalue weighted by molar-refractivity contribution is 6.30. The van der Waals surface area contributed by atoms with Gasteiger partial charge >= 0.3 is 0 Å². The molecular weight excluding hydrogens is 305 g/mol. The summed E-state index contributed by atoms with van der Waals surface area (Å²) in [5, 5.41) is 4.26. The van der Waals surface area contributed by atoms with Crippen molar-refractivity contribution in [1.29, 1.82) is 0 Å². The smallest absolute Gasteiger partial charge is 0.0491 e. The molecule has 1 aromatic heterocycles. The summed E-state index contributed by atoms with van der Waals surface area (Å²) in [5.41, 5.74) is 2.57. The van der Waals surface area contributed by atoms with Crippen LogP contribution in [0.3, 0.4) is 0 Å². The van der Waals surface area contributed by atoms with E-state index in [1.807, 2.05) is 30.6 Å². The van der Waals surface area contributed by atoms with E-state index in [0.29, 0.717) is 6.04 Å². The molecule has 0 aliphatic carbocycles. The van der Waals surface area contributed by atoms with Crippen LogP contribution < -0.4 is 5.32 Å². The Labute approximate surface area is 136 Å². The maximum atomic E-state index is 5.95. The van der Waals surface area contributed by atoms with Crippen molar-refractivity contribution in [2.75, 3.05) is 19.6 Å². The van der Waals surface area contributed by atoms with Gasteiger partial charge in [-0.25, -0.2) is 0 Å². The predicted molar refractivity (Wildman–Crippen MR) is 89.0 cm³/mol. The number of piperazine rings is 1. The average Bonchev–Trinajstić information content (AvgIpc) is 2.51. The van der Waals surface area contributed by atoms with Crippen molar-refractivity contribution in [3.63, 3.8) is 0 Å². The Kier molecular flexibility index (Phi) is 6.00. The van der Waals surface area contributed by atoms with E-state index >= 15 is 0 Å². The molecular formula is C16H19Cl2N3. The molecule has 2 heterocycles. The first-order valence-corrected chi connectivity index (χ1v) is 7.30. The van der Waals surface area contributed by atoms with Gasteiger partial charge in [-0.2, -0.15) is 0 Å². The number of nitrogens with one attached hydrogen (secondary N) is 1. The van der Waals surface area contributed by atoms with Crippen molar-refractivity contribution in [3.05, 3.63) is 64.9 Å². The zero-order valence-corrected chi connectivity index (χ0v) is 13.3. The quantitative estimate of drug-likeness (QED) is 0.939. The summed E-state index contributed by atoms with van der Waals surface area (Å²) in [6, 6.07) is 12.7. The molecule has 5 heteroatoms. The molecule has 21 heavy (non-hydrogen) atoms. The van der Waals surface area contributed by atoms with Crippen molar-refractivity contribution in [1.82, 2.24) is 15.2 Å². The van der Waals surface area contributed by atoms with E-state index < -0.39 is 0 Å². The summed E-state index contributed by atoms with van der Waals surface area (Å²) in [5.74, 6) is 0. The molecule has 0 bridgehead atoms. The minimum absolute atomic E-state index is 0. The van der Waals surface area contributed by atoms with Crippen LogP contribution in [0.5, 0.6) is 0 Å². The zero-order chi connectivity index (χ0) is 13.8. The first-order chi connectivity index (χ1) is 9.83. The van der Waals surface area contributed by atoms with Crippen LogP contribution in [-0.4, -0.2) is 29.5 Å². The van der Waals surface area contributed by atoms with Crippen LogP contribution in [0.2, 0.25) is 5.02 Å². The molecule has 1 aliphatic rings. The third kappa shape index (κ3) is 4.17. The van der Waals surface area contributed by atoms with E-state index in [1.165, 1.54) is 11.1 Å². The fourth-order valence-electron chi connectivity index (χ4n) is 2.66. The lowest BCUT2D eigenvalue weighted by molar-refractivity contribution is 0.153. The highest BCUT2D eigenvalue weighted by atomic mass is 35.5. The molecule has 3 rings (SSSR count). The monoisotopic (exact) mass is 323 g/mol. The fourth-order valence-corrected chi connectivity index (χ4v) is 2.79. The second kappa shape index (κ2) is 7.76. The van der Waals surface area contributed by atoms with E-state index in [1.54, 1.807) is 0 Å². The highest BCUT2D eigenvalue weighted by Crippen LogP contribution is 2.23. The molecule has 1 aromatic carbocycles. The maximum Gasteiger partial charge on any atom is 0.0491 e. The van der Waals surface area contributed by atoms with Crippen LogP contribution >= 0.6 is 24.0 Å². The van der Waals surface area contributed by atoms with E-state index in [4.69, 9.17) is 11.6 Å². The van der Waals surface area contributed by atoms with Crippen LogP contribution in [0.25, 0.3) is 0 Å². The number of halogens is 2. The summed E-state index contributed by atoms with van der Waals surface area (Å²) in [7, 11) is 0. The maximum absolute atomic E-state index is 5.95. The van der Waals surface area contributed by atoms with Crippen LogP contribution in [0, 0.1) is 0 Å². The molecule has 1 atom stereocenters. The summed E-state index contributed by atoms with van der Waals surface area (Å²) < 4.78 is 0. The third-order valence-corrected chi connectivity index (χ3v) is 3.97. The molecule has 1 saturated heterocycles. The van der Waals surface area contributed by atoms with Crippen molar-refractivity contribution in [2.24, 2.45) is 0 Å². The van der Waals surface area contributed by atoms with Crippen LogP contribution in [0.4, 0.5) is 0 Å². The van der Waals surface area contributed by atoms with Gasteiger partial charge in [-0.3, -0.25) is 9.88 Å². The summed E-state index contributed by atoms with van der Waals surface area (Å²) in [6.07, 6.45) is 3.79. The highest BCUT2D eigenvalue weighted by Gasteiger charge is 2.23. The van der Waals surface area contributed by atoms with Gasteiger partial charge in [0.15, 0.2) is 0 Å². The lowest BCUT2D eigenvalue weighted by atomic mass is 10.0. The molecule has 112 valence electrons. The van der Waals surface area contributed by atoms with Crippen molar-refractivity contribution in [3.8, 4) is 0 Å². The second-order valence-corrected chi connectivity index (χ2v) is 5.54. The first kappa shape index (κ1) is 16.2. The van der Waals surface area contributed by atoms with E-state index in [-0.39, 0.29) is 12.4 Å². The van der Waals surface area contributed by atoms with Gasteiger partial charge in [0.05, 0.1) is 0 Å². The lowest BCUT2D eigenvalue weighted by Gasteiger charge is -2.36. The summed E-state index contributed by atoms with van der Waals surface area (Å²) >= 11 is 5.95. The normalized spacial score (nSPS) is 19.0. The molecule has 1 N–H and O–H groups in total. The Balaban J connectivity index is 0.00000161. The Morgan fingerprint density at radius 1 is 1.24 bits per heavy atom. The first-order valence-electron chi connectivity index (χ1n) is 6.92. The standard InChI is InChI=1S/C16H18ClN3.ClH/c17-15-5-3-13(4-6-15)12-20-9-8-19-11-16(20)14-2-1-7-18-10-14;/h1-7,10,16,19H,8-9,11-12H2;1H.